The highest BCUT2D eigenvalue weighted by Crippen LogP contribution is 2.37. The minimum Gasteiger partial charge on any atom is -0.369 e. The van der Waals surface area contributed by atoms with Crippen molar-refractivity contribution in [3.8, 4) is 0 Å². The second-order valence-electron chi connectivity index (χ2n) is 7.37. The summed E-state index contributed by atoms with van der Waals surface area (Å²) in [5.41, 5.74) is 1.35. The van der Waals surface area contributed by atoms with Crippen LogP contribution in [0.5, 0.6) is 0 Å². The van der Waals surface area contributed by atoms with Gasteiger partial charge in [0.1, 0.15) is 0 Å². The zero-order valence-electron chi connectivity index (χ0n) is 15.4. The Morgan fingerprint density at radius 3 is 2.24 bits per heavy atom. The Morgan fingerprint density at radius 1 is 1.00 bits per heavy atom. The summed E-state index contributed by atoms with van der Waals surface area (Å²) in [5.74, 6) is -0.248. The maximum absolute atomic E-state index is 5.89. The van der Waals surface area contributed by atoms with Gasteiger partial charge in [-0.05, 0) is 25.0 Å². The lowest BCUT2D eigenvalue weighted by molar-refractivity contribution is -0.193. The number of para-hydroxylation sites is 1. The van der Waals surface area contributed by atoms with Crippen LogP contribution in [-0.2, 0) is 9.47 Å². The van der Waals surface area contributed by atoms with E-state index in [-0.39, 0.29) is 5.79 Å². The lowest BCUT2D eigenvalue weighted by atomic mass is 9.89. The first-order valence-electron chi connectivity index (χ1n) is 9.89. The fraction of sp³-hybridized carbons (Fsp3) is 0.700. The molecular weight excluding hydrogens is 314 g/mol. The average Bonchev–Trinajstić information content (AvgIpc) is 3.13. The van der Waals surface area contributed by atoms with E-state index in [0.29, 0.717) is 6.04 Å². The van der Waals surface area contributed by atoms with Gasteiger partial charge < -0.3 is 14.4 Å². The predicted molar refractivity (Wildman–Crippen MR) is 99.5 cm³/mol. The van der Waals surface area contributed by atoms with Crippen molar-refractivity contribution in [2.75, 3.05) is 50.8 Å². The summed E-state index contributed by atoms with van der Waals surface area (Å²) in [6.07, 6.45) is 4.43. The van der Waals surface area contributed by atoms with Gasteiger partial charge in [-0.3, -0.25) is 0 Å². The van der Waals surface area contributed by atoms with Crippen LogP contribution in [0.1, 0.15) is 32.6 Å². The molecule has 0 amide bonds. The minimum atomic E-state index is -0.248. The molecule has 2 aliphatic heterocycles. The van der Waals surface area contributed by atoms with Crippen LogP contribution in [0, 0.1) is 0 Å². The zero-order valence-corrected chi connectivity index (χ0v) is 15.4. The molecule has 1 aromatic carbocycles. The molecule has 1 spiro atoms. The quantitative estimate of drug-likeness (QED) is 0.837. The maximum Gasteiger partial charge on any atom is 0.168 e. The van der Waals surface area contributed by atoms with E-state index in [1.54, 1.807) is 0 Å². The molecule has 3 aliphatic rings. The van der Waals surface area contributed by atoms with Crippen molar-refractivity contribution in [1.29, 1.82) is 0 Å². The van der Waals surface area contributed by atoms with Gasteiger partial charge >= 0.3 is 0 Å². The third kappa shape index (κ3) is 3.70. The number of hydrazine groups is 1. The summed E-state index contributed by atoms with van der Waals surface area (Å²) < 4.78 is 11.8. The van der Waals surface area contributed by atoms with Crippen LogP contribution in [-0.4, -0.2) is 67.8 Å². The summed E-state index contributed by atoms with van der Waals surface area (Å²) in [4.78, 5) is 2.50. The van der Waals surface area contributed by atoms with Crippen LogP contribution in [0.15, 0.2) is 30.3 Å². The molecule has 5 nitrogen and oxygen atoms in total. The fourth-order valence-corrected chi connectivity index (χ4v) is 4.67. The first kappa shape index (κ1) is 17.3. The fourth-order valence-electron chi connectivity index (χ4n) is 4.67. The summed E-state index contributed by atoms with van der Waals surface area (Å²) in [7, 11) is 0. The topological polar surface area (TPSA) is 28.2 Å². The monoisotopic (exact) mass is 345 g/mol. The Labute approximate surface area is 151 Å². The van der Waals surface area contributed by atoms with E-state index in [1.165, 1.54) is 18.5 Å². The van der Waals surface area contributed by atoms with E-state index >= 15 is 0 Å². The normalized spacial score (nSPS) is 25.1. The third-order valence-electron chi connectivity index (χ3n) is 6.02. The van der Waals surface area contributed by atoms with Crippen LogP contribution < -0.4 is 4.90 Å². The highest BCUT2D eigenvalue weighted by molar-refractivity contribution is 5.46. The van der Waals surface area contributed by atoms with Crippen LogP contribution in [0.3, 0.4) is 0 Å². The predicted octanol–water partition coefficient (Wildman–Crippen LogP) is 2.73. The Balaban J connectivity index is 1.32. The van der Waals surface area contributed by atoms with Gasteiger partial charge in [0.15, 0.2) is 5.79 Å². The molecule has 0 aromatic heterocycles. The lowest BCUT2D eigenvalue weighted by Gasteiger charge is -2.47. The van der Waals surface area contributed by atoms with Crippen LogP contribution in [0.25, 0.3) is 0 Å². The van der Waals surface area contributed by atoms with E-state index in [4.69, 9.17) is 9.47 Å². The third-order valence-corrected chi connectivity index (χ3v) is 6.02. The molecule has 0 unspecified atom stereocenters. The van der Waals surface area contributed by atoms with Crippen LogP contribution >= 0.6 is 0 Å². The van der Waals surface area contributed by atoms with Crippen LogP contribution in [0.4, 0.5) is 5.69 Å². The molecule has 1 aliphatic carbocycles. The first-order chi connectivity index (χ1) is 12.3. The Kier molecular flexibility index (Phi) is 5.27. The molecule has 0 radical (unpaired) electrons. The zero-order chi connectivity index (χ0) is 17.1. The van der Waals surface area contributed by atoms with Gasteiger partial charge in [0.25, 0.3) is 0 Å². The van der Waals surface area contributed by atoms with E-state index in [1.807, 2.05) is 0 Å². The van der Waals surface area contributed by atoms with Crippen molar-refractivity contribution >= 4 is 5.69 Å². The molecule has 4 rings (SSSR count). The highest BCUT2D eigenvalue weighted by atomic mass is 16.7. The number of benzene rings is 1. The number of rotatable bonds is 4. The van der Waals surface area contributed by atoms with E-state index in [0.717, 1.165) is 58.8 Å². The molecule has 2 heterocycles. The van der Waals surface area contributed by atoms with Gasteiger partial charge in [0.05, 0.1) is 13.2 Å². The van der Waals surface area contributed by atoms with Crippen molar-refractivity contribution in [3.63, 3.8) is 0 Å². The number of hydrogen-bond donors (Lipinski definition) is 0. The Morgan fingerprint density at radius 2 is 1.64 bits per heavy atom. The molecule has 5 heteroatoms. The molecule has 0 atom stereocenters. The van der Waals surface area contributed by atoms with Gasteiger partial charge in [0, 0.05) is 57.3 Å². The second kappa shape index (κ2) is 7.62. The van der Waals surface area contributed by atoms with E-state index in [9.17, 15) is 0 Å². The molecule has 2 saturated heterocycles. The van der Waals surface area contributed by atoms with E-state index in [2.05, 4.69) is 52.2 Å². The van der Waals surface area contributed by atoms with Gasteiger partial charge in [0.2, 0.25) is 0 Å². The Hall–Kier alpha value is -1.14. The molecule has 0 bridgehead atoms. The van der Waals surface area contributed by atoms with Crippen molar-refractivity contribution in [1.82, 2.24) is 10.0 Å². The largest absolute Gasteiger partial charge is 0.369 e. The van der Waals surface area contributed by atoms with Crippen molar-refractivity contribution in [3.05, 3.63) is 30.3 Å². The SMILES string of the molecule is CCN(C1CCC2(CC1)OCCO2)N1CCN(c2ccccc2)CC1. The molecule has 25 heavy (non-hydrogen) atoms. The van der Waals surface area contributed by atoms with Gasteiger partial charge in [-0.25, -0.2) is 10.0 Å². The average molecular weight is 345 g/mol. The van der Waals surface area contributed by atoms with Crippen LogP contribution in [0.2, 0.25) is 0 Å². The van der Waals surface area contributed by atoms with Crippen molar-refractivity contribution in [2.24, 2.45) is 0 Å². The molecular formula is C20H31N3O2. The van der Waals surface area contributed by atoms with E-state index < -0.39 is 0 Å². The standard InChI is InChI=1S/C20H31N3O2/c1-2-23(19-8-10-20(11-9-19)24-16-17-25-20)22-14-12-21(13-15-22)18-6-4-3-5-7-18/h3-7,19H,2,8-17H2,1H3. The lowest BCUT2D eigenvalue weighted by Crippen LogP contribution is -2.58. The smallest absolute Gasteiger partial charge is 0.168 e. The molecule has 1 saturated carbocycles. The number of piperazine rings is 1. The highest BCUT2D eigenvalue weighted by Gasteiger charge is 2.42. The summed E-state index contributed by atoms with van der Waals surface area (Å²) in [6.45, 7) is 9.33. The molecule has 0 N–H and O–H groups in total. The van der Waals surface area contributed by atoms with Gasteiger partial charge in [-0.2, -0.15) is 0 Å². The number of anilines is 1. The minimum absolute atomic E-state index is 0.248. The van der Waals surface area contributed by atoms with Crippen molar-refractivity contribution < 1.29 is 9.47 Å². The van der Waals surface area contributed by atoms with Gasteiger partial charge in [-0.15, -0.1) is 0 Å². The molecule has 1 aromatic rings. The van der Waals surface area contributed by atoms with Crippen molar-refractivity contribution in [2.45, 2.75) is 44.4 Å². The first-order valence-corrected chi connectivity index (χ1v) is 9.89. The Bertz CT molecular complexity index is 529. The second-order valence-corrected chi connectivity index (χ2v) is 7.37. The molecule has 3 fully saturated rings. The van der Waals surface area contributed by atoms with Gasteiger partial charge in [-0.1, -0.05) is 25.1 Å². The molecule has 138 valence electrons. The number of nitrogens with zero attached hydrogens (tertiary/aromatic N) is 3. The summed E-state index contributed by atoms with van der Waals surface area (Å²) in [6, 6.07) is 11.4. The summed E-state index contributed by atoms with van der Waals surface area (Å²) >= 11 is 0. The summed E-state index contributed by atoms with van der Waals surface area (Å²) in [5, 5.41) is 5.20. The maximum atomic E-state index is 5.89. The number of hydrogen-bond acceptors (Lipinski definition) is 5. The number of ether oxygens (including phenoxy) is 2.